The van der Waals surface area contributed by atoms with Gasteiger partial charge < -0.3 is 10.4 Å². The van der Waals surface area contributed by atoms with Crippen molar-refractivity contribution in [3.63, 3.8) is 0 Å². The van der Waals surface area contributed by atoms with Crippen LogP contribution >= 0.6 is 11.8 Å². The van der Waals surface area contributed by atoms with Gasteiger partial charge in [-0.3, -0.25) is 4.79 Å². The van der Waals surface area contributed by atoms with Gasteiger partial charge in [-0.2, -0.15) is 0 Å². The summed E-state index contributed by atoms with van der Waals surface area (Å²) < 4.78 is 0. The van der Waals surface area contributed by atoms with Crippen LogP contribution in [0.3, 0.4) is 0 Å². The van der Waals surface area contributed by atoms with Gasteiger partial charge in [0.2, 0.25) is 5.91 Å². The number of amides is 1. The van der Waals surface area contributed by atoms with Crippen LogP contribution in [0.15, 0.2) is 47.5 Å². The van der Waals surface area contributed by atoms with Crippen LogP contribution in [0.5, 0.6) is 0 Å². The third-order valence-corrected chi connectivity index (χ3v) is 4.31. The van der Waals surface area contributed by atoms with Crippen molar-refractivity contribution >= 4 is 39.3 Å². The number of hydrogen-bond acceptors (Lipinski definition) is 4. The zero-order chi connectivity index (χ0) is 13.9. The molecule has 1 aliphatic rings. The number of hydrogen-bond donors (Lipinski definition) is 2. The average molecular weight is 286 g/mol. The Morgan fingerprint density at radius 1 is 1.20 bits per heavy atom. The van der Waals surface area contributed by atoms with Crippen LogP contribution in [0.25, 0.3) is 10.8 Å². The molecule has 0 saturated carbocycles. The van der Waals surface area contributed by atoms with Crippen molar-refractivity contribution in [2.75, 3.05) is 6.61 Å². The number of amidine groups is 1. The molecule has 2 aromatic carbocycles. The molecule has 1 saturated heterocycles. The van der Waals surface area contributed by atoms with E-state index in [0.29, 0.717) is 11.6 Å². The van der Waals surface area contributed by atoms with Crippen molar-refractivity contribution in [2.45, 2.75) is 11.7 Å². The Kier molecular flexibility index (Phi) is 3.71. The summed E-state index contributed by atoms with van der Waals surface area (Å²) in [6.07, 6.45) is 0.449. The number of aliphatic hydroxyl groups is 1. The van der Waals surface area contributed by atoms with E-state index in [0.717, 1.165) is 16.5 Å². The van der Waals surface area contributed by atoms with E-state index in [4.69, 9.17) is 5.11 Å². The lowest BCUT2D eigenvalue weighted by Crippen LogP contribution is -2.25. The fourth-order valence-corrected chi connectivity index (χ4v) is 3.15. The van der Waals surface area contributed by atoms with Gasteiger partial charge >= 0.3 is 0 Å². The van der Waals surface area contributed by atoms with Gasteiger partial charge in [0.15, 0.2) is 5.17 Å². The number of carbonyl (C=O) groups is 1. The molecule has 0 aromatic heterocycles. The first-order chi connectivity index (χ1) is 9.78. The smallest absolute Gasteiger partial charge is 0.239 e. The SMILES string of the molecule is O=C1NC(=Nc2cccc3ccccc23)SC1CCO. The standard InChI is InChI=1S/C15H14N2O2S/c18-9-8-13-14(19)17-15(20-13)16-12-7-3-5-10-4-1-2-6-11(10)12/h1-7,13,18H,8-9H2,(H,16,17,19). The summed E-state index contributed by atoms with van der Waals surface area (Å²) in [5.41, 5.74) is 0.843. The number of benzene rings is 2. The minimum absolute atomic E-state index is 0.00658. The number of aliphatic hydroxyl groups excluding tert-OH is 1. The summed E-state index contributed by atoms with van der Waals surface area (Å²) >= 11 is 1.38. The highest BCUT2D eigenvalue weighted by atomic mass is 32.2. The molecule has 2 aromatic rings. The zero-order valence-electron chi connectivity index (χ0n) is 10.7. The van der Waals surface area contributed by atoms with Crippen molar-refractivity contribution in [1.29, 1.82) is 0 Å². The van der Waals surface area contributed by atoms with E-state index in [9.17, 15) is 4.79 Å². The first-order valence-electron chi connectivity index (χ1n) is 6.43. The average Bonchev–Trinajstić information content (AvgIpc) is 2.80. The number of nitrogens with zero attached hydrogens (tertiary/aromatic N) is 1. The Labute approximate surface area is 120 Å². The lowest BCUT2D eigenvalue weighted by molar-refractivity contribution is -0.119. The molecule has 0 spiro atoms. The van der Waals surface area contributed by atoms with E-state index in [-0.39, 0.29) is 17.8 Å². The molecule has 1 heterocycles. The van der Waals surface area contributed by atoms with Gasteiger partial charge in [-0.25, -0.2) is 4.99 Å². The molecule has 0 bridgehead atoms. The summed E-state index contributed by atoms with van der Waals surface area (Å²) in [4.78, 5) is 16.2. The van der Waals surface area contributed by atoms with Crippen molar-refractivity contribution in [3.8, 4) is 0 Å². The molecule has 1 unspecified atom stereocenters. The van der Waals surface area contributed by atoms with Crippen LogP contribution < -0.4 is 5.32 Å². The van der Waals surface area contributed by atoms with E-state index >= 15 is 0 Å². The monoisotopic (exact) mass is 286 g/mol. The molecule has 3 rings (SSSR count). The van der Waals surface area contributed by atoms with Crippen LogP contribution in [0.2, 0.25) is 0 Å². The second-order valence-electron chi connectivity index (χ2n) is 4.52. The maximum Gasteiger partial charge on any atom is 0.239 e. The second kappa shape index (κ2) is 5.64. The van der Waals surface area contributed by atoms with Gasteiger partial charge in [-0.1, -0.05) is 48.2 Å². The van der Waals surface area contributed by atoms with Gasteiger partial charge in [-0.05, 0) is 17.9 Å². The minimum Gasteiger partial charge on any atom is -0.396 e. The Hall–Kier alpha value is -1.85. The topological polar surface area (TPSA) is 61.7 Å². The van der Waals surface area contributed by atoms with Crippen molar-refractivity contribution in [3.05, 3.63) is 42.5 Å². The van der Waals surface area contributed by atoms with Gasteiger partial charge in [0.1, 0.15) is 0 Å². The lowest BCUT2D eigenvalue weighted by Gasteiger charge is -2.02. The normalized spacial score (nSPS) is 20.6. The molecular formula is C15H14N2O2S. The predicted octanol–water partition coefficient (Wildman–Crippen LogP) is 2.44. The molecule has 0 radical (unpaired) electrons. The summed E-state index contributed by atoms with van der Waals surface area (Å²) in [7, 11) is 0. The summed E-state index contributed by atoms with van der Waals surface area (Å²) in [6, 6.07) is 13.9. The number of fused-ring (bicyclic) bond motifs is 1. The lowest BCUT2D eigenvalue weighted by atomic mass is 10.1. The maximum absolute atomic E-state index is 11.7. The number of rotatable bonds is 3. The fourth-order valence-electron chi connectivity index (χ4n) is 2.18. The highest BCUT2D eigenvalue weighted by molar-refractivity contribution is 8.15. The molecule has 1 fully saturated rings. The van der Waals surface area contributed by atoms with Gasteiger partial charge in [-0.15, -0.1) is 0 Å². The highest BCUT2D eigenvalue weighted by Crippen LogP contribution is 2.29. The molecule has 0 aliphatic carbocycles. The Balaban J connectivity index is 1.93. The first-order valence-corrected chi connectivity index (χ1v) is 7.31. The Morgan fingerprint density at radius 3 is 2.85 bits per heavy atom. The number of nitrogens with one attached hydrogen (secondary N) is 1. The van der Waals surface area contributed by atoms with Crippen molar-refractivity contribution < 1.29 is 9.90 Å². The van der Waals surface area contributed by atoms with Gasteiger partial charge in [0, 0.05) is 12.0 Å². The van der Waals surface area contributed by atoms with Gasteiger partial charge in [0.25, 0.3) is 0 Å². The van der Waals surface area contributed by atoms with E-state index in [1.54, 1.807) is 0 Å². The maximum atomic E-state index is 11.7. The molecule has 4 nitrogen and oxygen atoms in total. The fraction of sp³-hybridized carbons (Fsp3) is 0.200. The van der Waals surface area contributed by atoms with Crippen LogP contribution in [0, 0.1) is 0 Å². The summed E-state index contributed by atoms with van der Waals surface area (Å²) in [5.74, 6) is -0.0805. The molecular weight excluding hydrogens is 272 g/mol. The van der Waals surface area contributed by atoms with Crippen LogP contribution in [0.4, 0.5) is 5.69 Å². The number of aliphatic imine (C=N–C) groups is 1. The highest BCUT2D eigenvalue weighted by Gasteiger charge is 2.29. The predicted molar refractivity (Wildman–Crippen MR) is 82.3 cm³/mol. The molecule has 5 heteroatoms. The van der Waals surface area contributed by atoms with Crippen LogP contribution in [-0.2, 0) is 4.79 Å². The van der Waals surface area contributed by atoms with Crippen LogP contribution in [0.1, 0.15) is 6.42 Å². The minimum atomic E-state index is -0.242. The van der Waals surface area contributed by atoms with E-state index in [2.05, 4.69) is 10.3 Å². The van der Waals surface area contributed by atoms with Crippen LogP contribution in [-0.4, -0.2) is 28.0 Å². The molecule has 2 N–H and O–H groups in total. The molecule has 102 valence electrons. The third kappa shape index (κ3) is 2.55. The molecule has 1 amide bonds. The molecule has 1 atom stereocenters. The van der Waals surface area contributed by atoms with Crippen molar-refractivity contribution in [1.82, 2.24) is 5.32 Å². The first kappa shape index (κ1) is 13.1. The van der Waals surface area contributed by atoms with Gasteiger partial charge in [0.05, 0.1) is 10.9 Å². The van der Waals surface area contributed by atoms with E-state index in [1.165, 1.54) is 11.8 Å². The Morgan fingerprint density at radius 2 is 2.00 bits per heavy atom. The molecule has 1 aliphatic heterocycles. The number of carbonyl (C=O) groups excluding carboxylic acids is 1. The van der Waals surface area contributed by atoms with E-state index in [1.807, 2.05) is 42.5 Å². The largest absolute Gasteiger partial charge is 0.396 e. The Bertz CT molecular complexity index is 679. The summed E-state index contributed by atoms with van der Waals surface area (Å²) in [6.45, 7) is 0.00658. The molecule has 20 heavy (non-hydrogen) atoms. The van der Waals surface area contributed by atoms with Crippen molar-refractivity contribution in [2.24, 2.45) is 4.99 Å². The zero-order valence-corrected chi connectivity index (χ0v) is 11.6. The third-order valence-electron chi connectivity index (χ3n) is 3.16. The second-order valence-corrected chi connectivity index (χ2v) is 5.71. The summed E-state index contributed by atoms with van der Waals surface area (Å²) in [5, 5.41) is 14.2. The number of thioether (sulfide) groups is 1. The van der Waals surface area contributed by atoms with E-state index < -0.39 is 0 Å². The quantitative estimate of drug-likeness (QED) is 0.911.